The maximum atomic E-state index is 12.2. The smallest absolute Gasteiger partial charge is 0.259 e. The van der Waals surface area contributed by atoms with Gasteiger partial charge in [-0.2, -0.15) is 0 Å². The molecule has 0 radical (unpaired) electrons. The van der Waals surface area contributed by atoms with Crippen molar-refractivity contribution >= 4 is 21.6 Å². The van der Waals surface area contributed by atoms with Crippen LogP contribution in [0.5, 0.6) is 0 Å². The number of hydrogen-bond acceptors (Lipinski definition) is 5. The normalized spacial score (nSPS) is 11.3. The standard InChI is InChI=1S/C13H14N4O2S/c1-7-8(2)20-13-11(7)12(19)15-9(16-13)5-17-4-3-14-10(17)6-18/h3-4,18H,5-6H2,1-2H3,(H,15,16,19). The number of aromatic nitrogens is 4. The van der Waals surface area contributed by atoms with Crippen molar-refractivity contribution in [1.29, 1.82) is 0 Å². The third-order valence-corrected chi connectivity index (χ3v) is 4.45. The lowest BCUT2D eigenvalue weighted by Gasteiger charge is -2.05. The van der Waals surface area contributed by atoms with Crippen LogP contribution < -0.4 is 5.56 Å². The second kappa shape index (κ2) is 4.84. The van der Waals surface area contributed by atoms with Crippen molar-refractivity contribution < 1.29 is 5.11 Å². The molecule has 0 atom stereocenters. The van der Waals surface area contributed by atoms with Crippen molar-refractivity contribution in [3.8, 4) is 0 Å². The molecule has 0 aliphatic rings. The molecule has 0 aliphatic heterocycles. The summed E-state index contributed by atoms with van der Waals surface area (Å²) in [5.41, 5.74) is 0.876. The minimum Gasteiger partial charge on any atom is -0.388 e. The van der Waals surface area contributed by atoms with Crippen LogP contribution in [0.2, 0.25) is 0 Å². The summed E-state index contributed by atoms with van der Waals surface area (Å²) in [6.45, 7) is 4.17. The van der Waals surface area contributed by atoms with Crippen LogP contribution >= 0.6 is 11.3 Å². The molecular formula is C13H14N4O2S. The lowest BCUT2D eigenvalue weighted by atomic mass is 10.2. The largest absolute Gasteiger partial charge is 0.388 e. The monoisotopic (exact) mass is 290 g/mol. The second-order valence-electron chi connectivity index (χ2n) is 4.61. The predicted molar refractivity (Wildman–Crippen MR) is 77.0 cm³/mol. The Kier molecular flexibility index (Phi) is 3.15. The van der Waals surface area contributed by atoms with Crippen LogP contribution in [-0.4, -0.2) is 24.6 Å². The molecule has 3 rings (SSSR count). The van der Waals surface area contributed by atoms with E-state index >= 15 is 0 Å². The number of hydrogen-bond donors (Lipinski definition) is 2. The molecule has 3 heterocycles. The molecule has 0 aliphatic carbocycles. The van der Waals surface area contributed by atoms with Crippen LogP contribution in [0.4, 0.5) is 0 Å². The third kappa shape index (κ3) is 2.04. The summed E-state index contributed by atoms with van der Waals surface area (Å²) in [6.07, 6.45) is 3.36. The molecule has 3 aromatic heterocycles. The summed E-state index contributed by atoms with van der Waals surface area (Å²) >= 11 is 1.52. The minimum absolute atomic E-state index is 0.113. The highest BCUT2D eigenvalue weighted by molar-refractivity contribution is 7.18. The summed E-state index contributed by atoms with van der Waals surface area (Å²) < 4.78 is 1.76. The SMILES string of the molecule is Cc1sc2nc(Cn3ccnc3CO)[nH]c(=O)c2c1C. The number of imidazole rings is 1. The minimum atomic E-state index is -0.142. The molecule has 0 saturated heterocycles. The third-order valence-electron chi connectivity index (χ3n) is 3.35. The van der Waals surface area contributed by atoms with Gasteiger partial charge in [0.1, 0.15) is 23.1 Å². The van der Waals surface area contributed by atoms with Gasteiger partial charge in [0.05, 0.1) is 11.9 Å². The van der Waals surface area contributed by atoms with E-state index in [4.69, 9.17) is 0 Å². The predicted octanol–water partition coefficient (Wildman–Crippen LogP) is 1.34. The van der Waals surface area contributed by atoms with Crippen molar-refractivity contribution in [2.75, 3.05) is 0 Å². The molecule has 0 saturated carbocycles. The number of aliphatic hydroxyl groups is 1. The van der Waals surface area contributed by atoms with E-state index in [9.17, 15) is 9.90 Å². The maximum absolute atomic E-state index is 12.2. The molecule has 20 heavy (non-hydrogen) atoms. The first-order chi connectivity index (χ1) is 9.60. The van der Waals surface area contributed by atoms with Crippen molar-refractivity contribution in [3.63, 3.8) is 0 Å². The Bertz CT molecular complexity index is 831. The summed E-state index contributed by atoms with van der Waals surface area (Å²) in [7, 11) is 0. The van der Waals surface area contributed by atoms with Gasteiger partial charge in [-0.15, -0.1) is 11.3 Å². The van der Waals surface area contributed by atoms with E-state index in [1.54, 1.807) is 17.0 Å². The number of aliphatic hydroxyl groups excluding tert-OH is 1. The average Bonchev–Trinajstić information content (AvgIpc) is 2.95. The second-order valence-corrected chi connectivity index (χ2v) is 5.81. The highest BCUT2D eigenvalue weighted by atomic mass is 32.1. The Balaban J connectivity index is 2.07. The van der Waals surface area contributed by atoms with Gasteiger partial charge in [0, 0.05) is 17.3 Å². The number of rotatable bonds is 3. The highest BCUT2D eigenvalue weighted by Crippen LogP contribution is 2.25. The van der Waals surface area contributed by atoms with Gasteiger partial charge >= 0.3 is 0 Å². The van der Waals surface area contributed by atoms with E-state index in [0.717, 1.165) is 15.3 Å². The molecule has 0 spiro atoms. The van der Waals surface area contributed by atoms with Crippen LogP contribution in [0.3, 0.4) is 0 Å². The van der Waals surface area contributed by atoms with Gasteiger partial charge in [0.2, 0.25) is 0 Å². The lowest BCUT2D eigenvalue weighted by Crippen LogP contribution is -2.15. The summed E-state index contributed by atoms with van der Waals surface area (Å²) in [5, 5.41) is 9.85. The summed E-state index contributed by atoms with van der Waals surface area (Å²) in [5.74, 6) is 1.11. The number of nitrogens with one attached hydrogen (secondary N) is 1. The molecular weight excluding hydrogens is 276 g/mol. The molecule has 104 valence electrons. The van der Waals surface area contributed by atoms with Gasteiger partial charge in [-0.25, -0.2) is 9.97 Å². The topological polar surface area (TPSA) is 83.8 Å². The molecule has 0 amide bonds. The van der Waals surface area contributed by atoms with Crippen LogP contribution in [0.15, 0.2) is 17.2 Å². The molecule has 0 unspecified atom stereocenters. The number of fused-ring (bicyclic) bond motifs is 1. The summed E-state index contributed by atoms with van der Waals surface area (Å²) in [4.78, 5) is 25.3. The van der Waals surface area contributed by atoms with Crippen molar-refractivity contribution in [3.05, 3.63) is 44.8 Å². The van der Waals surface area contributed by atoms with Crippen LogP contribution in [0.25, 0.3) is 10.2 Å². The number of nitrogens with zero attached hydrogens (tertiary/aromatic N) is 3. The molecule has 2 N–H and O–H groups in total. The van der Waals surface area contributed by atoms with E-state index in [0.29, 0.717) is 23.6 Å². The molecule has 0 bridgehead atoms. The fourth-order valence-electron chi connectivity index (χ4n) is 2.17. The Hall–Kier alpha value is -1.99. The van der Waals surface area contributed by atoms with E-state index < -0.39 is 0 Å². The van der Waals surface area contributed by atoms with Crippen molar-refractivity contribution in [2.45, 2.75) is 27.0 Å². The number of aryl methyl sites for hydroxylation is 2. The first kappa shape index (κ1) is 13.0. The van der Waals surface area contributed by atoms with Gasteiger partial charge in [-0.3, -0.25) is 4.79 Å². The maximum Gasteiger partial charge on any atom is 0.259 e. The molecule has 0 aromatic carbocycles. The fraction of sp³-hybridized carbons (Fsp3) is 0.308. The fourth-order valence-corrected chi connectivity index (χ4v) is 3.22. The van der Waals surface area contributed by atoms with Crippen LogP contribution in [0.1, 0.15) is 22.1 Å². The number of aromatic amines is 1. The Morgan fingerprint density at radius 2 is 2.25 bits per heavy atom. The Labute approximate surface area is 118 Å². The zero-order chi connectivity index (χ0) is 14.3. The zero-order valence-electron chi connectivity index (χ0n) is 11.2. The van der Waals surface area contributed by atoms with Crippen molar-refractivity contribution in [2.24, 2.45) is 0 Å². The number of H-pyrrole nitrogens is 1. The first-order valence-corrected chi connectivity index (χ1v) is 7.01. The highest BCUT2D eigenvalue weighted by Gasteiger charge is 2.12. The van der Waals surface area contributed by atoms with E-state index in [1.165, 1.54) is 11.3 Å². The average molecular weight is 290 g/mol. The quantitative estimate of drug-likeness (QED) is 0.762. The van der Waals surface area contributed by atoms with Gasteiger partial charge < -0.3 is 14.7 Å². The van der Waals surface area contributed by atoms with Gasteiger partial charge in [0.25, 0.3) is 5.56 Å². The van der Waals surface area contributed by atoms with E-state index in [1.807, 2.05) is 13.8 Å². The number of thiophene rings is 1. The van der Waals surface area contributed by atoms with Crippen LogP contribution in [-0.2, 0) is 13.2 Å². The molecule has 7 heteroatoms. The van der Waals surface area contributed by atoms with Crippen LogP contribution in [0, 0.1) is 13.8 Å². The Morgan fingerprint density at radius 1 is 1.45 bits per heavy atom. The molecule has 3 aromatic rings. The van der Waals surface area contributed by atoms with Crippen molar-refractivity contribution in [1.82, 2.24) is 19.5 Å². The van der Waals surface area contributed by atoms with Gasteiger partial charge in [0.15, 0.2) is 0 Å². The summed E-state index contributed by atoms with van der Waals surface area (Å²) in [6, 6.07) is 0. The van der Waals surface area contributed by atoms with Gasteiger partial charge in [-0.1, -0.05) is 0 Å². The Morgan fingerprint density at radius 3 is 3.00 bits per heavy atom. The zero-order valence-corrected chi connectivity index (χ0v) is 12.0. The first-order valence-electron chi connectivity index (χ1n) is 6.20. The molecule has 6 nitrogen and oxygen atoms in total. The van der Waals surface area contributed by atoms with Gasteiger partial charge in [-0.05, 0) is 19.4 Å². The lowest BCUT2D eigenvalue weighted by molar-refractivity contribution is 0.266. The van der Waals surface area contributed by atoms with E-state index in [-0.39, 0.29) is 12.2 Å². The van der Waals surface area contributed by atoms with E-state index in [2.05, 4.69) is 15.0 Å². The molecule has 0 fully saturated rings.